The van der Waals surface area contributed by atoms with Crippen LogP contribution in [0.15, 0.2) is 6.07 Å². The van der Waals surface area contributed by atoms with Crippen molar-refractivity contribution in [3.8, 4) is 6.07 Å². The predicted octanol–water partition coefficient (Wildman–Crippen LogP) is 0.422. The number of sulfonamides is 1. The molecular weight excluding hydrogens is 290 g/mol. The number of nitrogens with zero attached hydrogens (tertiary/aromatic N) is 4. The Bertz CT molecular complexity index is 653. The van der Waals surface area contributed by atoms with Gasteiger partial charge in [0.25, 0.3) is 0 Å². The van der Waals surface area contributed by atoms with Gasteiger partial charge in [-0.05, 0) is 31.7 Å². The summed E-state index contributed by atoms with van der Waals surface area (Å²) in [6.45, 7) is 3.77. The molecule has 21 heavy (non-hydrogen) atoms. The first-order valence-electron chi connectivity index (χ1n) is 6.83. The van der Waals surface area contributed by atoms with Gasteiger partial charge in [-0.25, -0.2) is 23.1 Å². The third-order valence-corrected chi connectivity index (χ3v) is 4.08. The lowest BCUT2D eigenvalue weighted by molar-refractivity contribution is 0.407. The number of hydrogen-bond acceptors (Lipinski definition) is 6. The maximum Gasteiger partial charge on any atom is 0.226 e. The van der Waals surface area contributed by atoms with Gasteiger partial charge in [0.2, 0.25) is 16.0 Å². The van der Waals surface area contributed by atoms with Gasteiger partial charge in [0.1, 0.15) is 11.8 Å². The monoisotopic (exact) mass is 309 g/mol. The van der Waals surface area contributed by atoms with Crippen molar-refractivity contribution >= 4 is 16.0 Å². The molecule has 0 aromatic carbocycles. The van der Waals surface area contributed by atoms with E-state index < -0.39 is 10.0 Å². The summed E-state index contributed by atoms with van der Waals surface area (Å²) in [4.78, 5) is 10.6. The number of aromatic nitrogens is 2. The largest absolute Gasteiger partial charge is 0.340 e. The number of nitriles is 1. The Morgan fingerprint density at radius 3 is 2.95 bits per heavy atom. The smallest absolute Gasteiger partial charge is 0.226 e. The van der Waals surface area contributed by atoms with Crippen LogP contribution in [0.2, 0.25) is 0 Å². The van der Waals surface area contributed by atoms with Crippen molar-refractivity contribution in [2.45, 2.75) is 19.8 Å². The van der Waals surface area contributed by atoms with E-state index in [0.29, 0.717) is 24.7 Å². The third kappa shape index (κ3) is 4.65. The summed E-state index contributed by atoms with van der Waals surface area (Å²) < 4.78 is 24.9. The Morgan fingerprint density at radius 1 is 1.52 bits per heavy atom. The molecule has 1 aromatic rings. The highest BCUT2D eigenvalue weighted by Gasteiger charge is 2.23. The van der Waals surface area contributed by atoms with Crippen LogP contribution in [0.25, 0.3) is 0 Å². The van der Waals surface area contributed by atoms with Gasteiger partial charge in [0.05, 0.1) is 6.26 Å². The minimum Gasteiger partial charge on any atom is -0.340 e. The van der Waals surface area contributed by atoms with E-state index in [0.717, 1.165) is 31.3 Å². The summed E-state index contributed by atoms with van der Waals surface area (Å²) >= 11 is 0. The van der Waals surface area contributed by atoms with Gasteiger partial charge in [0, 0.05) is 25.3 Å². The van der Waals surface area contributed by atoms with Crippen molar-refractivity contribution in [1.82, 2.24) is 14.7 Å². The predicted molar refractivity (Wildman–Crippen MR) is 79.3 cm³/mol. The molecule has 1 aromatic heterocycles. The maximum absolute atomic E-state index is 11.2. The van der Waals surface area contributed by atoms with Crippen LogP contribution >= 0.6 is 0 Å². The van der Waals surface area contributed by atoms with Crippen molar-refractivity contribution in [3.63, 3.8) is 0 Å². The van der Waals surface area contributed by atoms with Gasteiger partial charge in [-0.15, -0.1) is 0 Å². The highest BCUT2D eigenvalue weighted by atomic mass is 32.2. The van der Waals surface area contributed by atoms with Crippen LogP contribution in [0, 0.1) is 24.2 Å². The summed E-state index contributed by atoms with van der Waals surface area (Å²) in [6.07, 6.45) is 3.09. The van der Waals surface area contributed by atoms with Gasteiger partial charge >= 0.3 is 0 Å². The van der Waals surface area contributed by atoms with E-state index in [1.165, 1.54) is 0 Å². The van der Waals surface area contributed by atoms with Crippen molar-refractivity contribution < 1.29 is 8.42 Å². The Morgan fingerprint density at radius 2 is 2.29 bits per heavy atom. The summed E-state index contributed by atoms with van der Waals surface area (Å²) in [5.74, 6) is 0.777. The highest BCUT2D eigenvalue weighted by Crippen LogP contribution is 2.20. The van der Waals surface area contributed by atoms with Crippen LogP contribution in [-0.2, 0) is 10.0 Å². The van der Waals surface area contributed by atoms with E-state index in [1.54, 1.807) is 6.07 Å². The van der Waals surface area contributed by atoms with Crippen molar-refractivity contribution in [2.24, 2.45) is 5.92 Å². The van der Waals surface area contributed by atoms with Gasteiger partial charge in [-0.1, -0.05) is 0 Å². The normalized spacial score (nSPS) is 19.3. The van der Waals surface area contributed by atoms with E-state index in [2.05, 4.69) is 14.7 Å². The minimum absolute atomic E-state index is 0.225. The van der Waals surface area contributed by atoms with E-state index >= 15 is 0 Å². The van der Waals surface area contributed by atoms with Crippen LogP contribution < -0.4 is 9.62 Å². The van der Waals surface area contributed by atoms with Crippen LogP contribution in [0.1, 0.15) is 24.2 Å². The molecule has 1 aliphatic heterocycles. The molecule has 1 atom stereocenters. The fraction of sp³-hybridized carbons (Fsp3) is 0.615. The number of rotatable bonds is 4. The standard InChI is InChI=1S/C13H19N5O2S/c1-10-6-12(7-14)17-13(16-10)18-5-3-4-11(9-18)8-15-21(2,19)20/h6,11,15H,3-5,8-9H2,1-2H3. The van der Waals surface area contributed by atoms with Crippen LogP contribution in [0.5, 0.6) is 0 Å². The molecule has 7 nitrogen and oxygen atoms in total. The molecule has 2 heterocycles. The number of nitrogens with one attached hydrogen (secondary N) is 1. The van der Waals surface area contributed by atoms with Gasteiger partial charge in [-0.2, -0.15) is 5.26 Å². The fourth-order valence-electron chi connectivity index (χ4n) is 2.43. The second-order valence-corrected chi connectivity index (χ2v) is 7.21. The number of hydrogen-bond donors (Lipinski definition) is 1. The molecular formula is C13H19N5O2S. The average molecular weight is 309 g/mol. The molecule has 0 spiro atoms. The highest BCUT2D eigenvalue weighted by molar-refractivity contribution is 7.88. The molecule has 1 fully saturated rings. The summed E-state index contributed by atoms with van der Waals surface area (Å²) in [5.41, 5.74) is 1.11. The molecule has 1 unspecified atom stereocenters. The Hall–Kier alpha value is -1.72. The molecule has 1 saturated heterocycles. The van der Waals surface area contributed by atoms with Crippen molar-refractivity contribution in [2.75, 3.05) is 30.8 Å². The zero-order chi connectivity index (χ0) is 15.5. The van der Waals surface area contributed by atoms with E-state index in [9.17, 15) is 8.42 Å². The third-order valence-electron chi connectivity index (χ3n) is 3.39. The van der Waals surface area contributed by atoms with E-state index in [4.69, 9.17) is 5.26 Å². The number of aryl methyl sites for hydroxylation is 1. The molecule has 1 aliphatic rings. The first-order chi connectivity index (χ1) is 9.87. The van der Waals surface area contributed by atoms with Crippen molar-refractivity contribution in [1.29, 1.82) is 5.26 Å². The lowest BCUT2D eigenvalue weighted by atomic mass is 9.99. The quantitative estimate of drug-likeness (QED) is 0.865. The summed E-state index contributed by atoms with van der Waals surface area (Å²) in [6, 6.07) is 3.68. The first kappa shape index (κ1) is 15.7. The van der Waals surface area contributed by atoms with Crippen LogP contribution in [0.4, 0.5) is 5.95 Å². The molecule has 0 radical (unpaired) electrons. The van der Waals surface area contributed by atoms with E-state index in [-0.39, 0.29) is 5.92 Å². The fourth-order valence-corrected chi connectivity index (χ4v) is 2.97. The number of anilines is 1. The summed E-state index contributed by atoms with van der Waals surface area (Å²) in [5, 5.41) is 8.98. The molecule has 0 aliphatic carbocycles. The Labute approximate surface area is 125 Å². The average Bonchev–Trinajstić information content (AvgIpc) is 2.44. The molecule has 2 rings (SSSR count). The Balaban J connectivity index is 2.07. The van der Waals surface area contributed by atoms with Crippen LogP contribution in [-0.4, -0.2) is 44.3 Å². The van der Waals surface area contributed by atoms with E-state index in [1.807, 2.05) is 17.9 Å². The second-order valence-electron chi connectivity index (χ2n) is 5.38. The van der Waals surface area contributed by atoms with Crippen molar-refractivity contribution in [3.05, 3.63) is 17.5 Å². The molecule has 0 bridgehead atoms. The van der Waals surface area contributed by atoms with Gasteiger partial charge in [0.15, 0.2) is 0 Å². The topological polar surface area (TPSA) is 99.0 Å². The molecule has 1 N–H and O–H groups in total. The lowest BCUT2D eigenvalue weighted by Gasteiger charge is -2.32. The zero-order valence-corrected chi connectivity index (χ0v) is 13.0. The Kier molecular flexibility index (Phi) is 4.75. The number of piperidine rings is 1. The zero-order valence-electron chi connectivity index (χ0n) is 12.2. The van der Waals surface area contributed by atoms with Gasteiger partial charge < -0.3 is 4.90 Å². The SMILES string of the molecule is Cc1cc(C#N)nc(N2CCCC(CNS(C)(=O)=O)C2)n1. The molecule has 0 saturated carbocycles. The minimum atomic E-state index is -3.17. The van der Waals surface area contributed by atoms with Gasteiger partial charge in [-0.3, -0.25) is 0 Å². The maximum atomic E-state index is 11.2. The molecule has 0 amide bonds. The summed E-state index contributed by atoms with van der Waals surface area (Å²) in [7, 11) is -3.17. The molecule has 114 valence electrons. The second kappa shape index (κ2) is 6.37. The first-order valence-corrected chi connectivity index (χ1v) is 8.72. The van der Waals surface area contributed by atoms with Crippen LogP contribution in [0.3, 0.4) is 0 Å². The lowest BCUT2D eigenvalue weighted by Crippen LogP contribution is -2.41. The molecule has 8 heteroatoms.